The van der Waals surface area contributed by atoms with Crippen molar-refractivity contribution in [2.24, 2.45) is 0 Å². The van der Waals surface area contributed by atoms with Crippen LogP contribution in [-0.2, 0) is 16.5 Å². The summed E-state index contributed by atoms with van der Waals surface area (Å²) in [5.74, 6) is 0. The SMILES string of the molecule is CC(O)CN(C)C.CC(O)CN(C)C.[Ni]. The Morgan fingerprint density at radius 3 is 1.00 bits per heavy atom. The van der Waals surface area contributed by atoms with Crippen molar-refractivity contribution in [2.45, 2.75) is 26.1 Å². The molecule has 2 N–H and O–H groups in total. The van der Waals surface area contributed by atoms with Crippen LogP contribution < -0.4 is 0 Å². The van der Waals surface area contributed by atoms with Gasteiger partial charge in [-0.1, -0.05) is 0 Å². The number of likely N-dealkylation sites (N-methyl/N-ethyl adjacent to an activating group) is 2. The van der Waals surface area contributed by atoms with Crippen molar-refractivity contribution in [3.63, 3.8) is 0 Å². The molecule has 0 bridgehead atoms. The molecule has 98 valence electrons. The van der Waals surface area contributed by atoms with E-state index in [1.807, 2.05) is 38.0 Å². The van der Waals surface area contributed by atoms with Gasteiger partial charge in [-0.25, -0.2) is 0 Å². The summed E-state index contributed by atoms with van der Waals surface area (Å²) >= 11 is 0. The third-order valence-corrected chi connectivity index (χ3v) is 1.26. The maximum absolute atomic E-state index is 8.68. The van der Waals surface area contributed by atoms with E-state index >= 15 is 0 Å². The van der Waals surface area contributed by atoms with Crippen molar-refractivity contribution < 1.29 is 26.7 Å². The average molecular weight is 265 g/mol. The Labute approximate surface area is 104 Å². The Bertz CT molecular complexity index is 94.0. The predicted octanol–water partition coefficient (Wildman–Crippen LogP) is -0.145. The first kappa shape index (κ1) is 20.7. The fraction of sp³-hybridized carbons (Fsp3) is 1.00. The first-order valence-corrected chi connectivity index (χ1v) is 4.91. The van der Waals surface area contributed by atoms with Gasteiger partial charge in [0.2, 0.25) is 0 Å². The molecule has 0 rings (SSSR count). The third-order valence-electron chi connectivity index (χ3n) is 1.26. The van der Waals surface area contributed by atoms with E-state index in [9.17, 15) is 0 Å². The number of hydrogen-bond donors (Lipinski definition) is 2. The molecule has 15 heavy (non-hydrogen) atoms. The summed E-state index contributed by atoms with van der Waals surface area (Å²) in [4.78, 5) is 3.90. The normalized spacial score (nSPS) is 14.0. The van der Waals surface area contributed by atoms with Gasteiger partial charge in [0.05, 0.1) is 12.2 Å². The summed E-state index contributed by atoms with van der Waals surface area (Å²) in [5.41, 5.74) is 0. The Morgan fingerprint density at radius 2 is 1.00 bits per heavy atom. The molecule has 4 nitrogen and oxygen atoms in total. The van der Waals surface area contributed by atoms with Gasteiger partial charge in [0.15, 0.2) is 0 Å². The van der Waals surface area contributed by atoms with Crippen molar-refractivity contribution in [2.75, 3.05) is 41.3 Å². The molecule has 0 aliphatic rings. The van der Waals surface area contributed by atoms with E-state index in [1.54, 1.807) is 13.8 Å². The van der Waals surface area contributed by atoms with Gasteiger partial charge in [0, 0.05) is 29.6 Å². The number of aliphatic hydroxyl groups is 2. The molecule has 0 saturated carbocycles. The van der Waals surface area contributed by atoms with Gasteiger partial charge in [-0.15, -0.1) is 0 Å². The molecule has 0 fully saturated rings. The zero-order valence-corrected chi connectivity index (χ0v) is 11.7. The fourth-order valence-electron chi connectivity index (χ4n) is 1.06. The summed E-state index contributed by atoms with van der Waals surface area (Å²) in [5, 5.41) is 17.4. The van der Waals surface area contributed by atoms with Crippen molar-refractivity contribution in [1.29, 1.82) is 0 Å². The van der Waals surface area contributed by atoms with Crippen molar-refractivity contribution >= 4 is 0 Å². The second-order valence-corrected chi connectivity index (χ2v) is 4.22. The standard InChI is InChI=1S/2C5H13NO.Ni/c2*1-5(7)4-6(2)3;/h2*5,7H,4H2,1-3H3;. The van der Waals surface area contributed by atoms with Gasteiger partial charge >= 0.3 is 0 Å². The maximum atomic E-state index is 8.68. The number of hydrogen-bond acceptors (Lipinski definition) is 4. The summed E-state index contributed by atoms with van der Waals surface area (Å²) in [6, 6.07) is 0. The molecule has 0 aromatic heterocycles. The van der Waals surface area contributed by atoms with Crippen molar-refractivity contribution in [1.82, 2.24) is 9.80 Å². The molecular weight excluding hydrogens is 239 g/mol. The van der Waals surface area contributed by atoms with Crippen LogP contribution in [0.25, 0.3) is 0 Å². The molecular formula is C10H26N2NiO2. The van der Waals surface area contributed by atoms with Gasteiger partial charge in [0.25, 0.3) is 0 Å². The minimum Gasteiger partial charge on any atom is -0.392 e. The van der Waals surface area contributed by atoms with E-state index in [0.29, 0.717) is 0 Å². The summed E-state index contributed by atoms with van der Waals surface area (Å²) in [6.07, 6.45) is -0.398. The molecule has 0 radical (unpaired) electrons. The van der Waals surface area contributed by atoms with Gasteiger partial charge in [0.1, 0.15) is 0 Å². The van der Waals surface area contributed by atoms with E-state index < -0.39 is 0 Å². The molecule has 0 heterocycles. The average Bonchev–Trinajstić information content (AvgIpc) is 1.79. The first-order valence-electron chi connectivity index (χ1n) is 4.91. The summed E-state index contributed by atoms with van der Waals surface area (Å²) in [7, 11) is 7.75. The Morgan fingerprint density at radius 1 is 0.800 bits per heavy atom. The minimum absolute atomic E-state index is 0. The van der Waals surface area contributed by atoms with Crippen molar-refractivity contribution in [3.05, 3.63) is 0 Å². The molecule has 5 heteroatoms. The van der Waals surface area contributed by atoms with Crippen LogP contribution in [0.4, 0.5) is 0 Å². The van der Waals surface area contributed by atoms with Gasteiger partial charge in [-0.2, -0.15) is 0 Å². The van der Waals surface area contributed by atoms with Crippen LogP contribution in [-0.4, -0.2) is 73.5 Å². The molecule has 0 aromatic rings. The van der Waals surface area contributed by atoms with Crippen molar-refractivity contribution in [3.8, 4) is 0 Å². The molecule has 0 spiro atoms. The van der Waals surface area contributed by atoms with E-state index in [4.69, 9.17) is 10.2 Å². The zero-order valence-electron chi connectivity index (χ0n) is 10.7. The van der Waals surface area contributed by atoms with Gasteiger partial charge in [-0.3, -0.25) is 0 Å². The van der Waals surface area contributed by atoms with Crippen LogP contribution in [0.5, 0.6) is 0 Å². The van der Waals surface area contributed by atoms with E-state index in [1.165, 1.54) is 0 Å². The zero-order chi connectivity index (χ0) is 11.7. The van der Waals surface area contributed by atoms with Gasteiger partial charge < -0.3 is 20.0 Å². The predicted molar refractivity (Wildman–Crippen MR) is 60.5 cm³/mol. The maximum Gasteiger partial charge on any atom is 0.0638 e. The molecule has 0 saturated heterocycles. The second-order valence-electron chi connectivity index (χ2n) is 4.22. The summed E-state index contributed by atoms with van der Waals surface area (Å²) < 4.78 is 0. The largest absolute Gasteiger partial charge is 0.392 e. The summed E-state index contributed by atoms with van der Waals surface area (Å²) in [6.45, 7) is 5.06. The second kappa shape index (κ2) is 12.4. The molecule has 0 amide bonds. The first-order chi connectivity index (χ1) is 6.25. The Kier molecular flexibility index (Phi) is 17.1. The Balaban J connectivity index is -0.000000180. The van der Waals surface area contributed by atoms with Crippen LogP contribution in [0, 0.1) is 0 Å². The number of rotatable bonds is 4. The number of nitrogens with zero attached hydrogens (tertiary/aromatic N) is 2. The molecule has 2 atom stereocenters. The van der Waals surface area contributed by atoms with Crippen LogP contribution in [0.15, 0.2) is 0 Å². The monoisotopic (exact) mass is 264 g/mol. The number of aliphatic hydroxyl groups excluding tert-OH is 2. The molecule has 2 unspecified atom stereocenters. The van der Waals surface area contributed by atoms with E-state index in [2.05, 4.69) is 0 Å². The quantitative estimate of drug-likeness (QED) is 0.694. The molecule has 0 aromatic carbocycles. The minimum atomic E-state index is -0.199. The Hall–Kier alpha value is 0.334. The van der Waals surface area contributed by atoms with Crippen LogP contribution in [0.1, 0.15) is 13.8 Å². The van der Waals surface area contributed by atoms with E-state index in [0.717, 1.165) is 13.1 Å². The van der Waals surface area contributed by atoms with Crippen LogP contribution in [0.3, 0.4) is 0 Å². The topological polar surface area (TPSA) is 46.9 Å². The van der Waals surface area contributed by atoms with Gasteiger partial charge in [-0.05, 0) is 42.0 Å². The van der Waals surface area contributed by atoms with Crippen LogP contribution >= 0.6 is 0 Å². The third kappa shape index (κ3) is 31.4. The smallest absolute Gasteiger partial charge is 0.0638 e. The molecule has 0 aliphatic carbocycles. The van der Waals surface area contributed by atoms with Crippen LogP contribution in [0.2, 0.25) is 0 Å². The fourth-order valence-corrected chi connectivity index (χ4v) is 1.06. The molecule has 0 aliphatic heterocycles. The van der Waals surface area contributed by atoms with E-state index in [-0.39, 0.29) is 28.7 Å².